The van der Waals surface area contributed by atoms with Crippen LogP contribution in [-0.2, 0) is 11.2 Å². The van der Waals surface area contributed by atoms with Crippen molar-refractivity contribution in [3.63, 3.8) is 0 Å². The smallest absolute Gasteiger partial charge is 0.227 e. The van der Waals surface area contributed by atoms with Gasteiger partial charge in [-0.25, -0.2) is 0 Å². The summed E-state index contributed by atoms with van der Waals surface area (Å²) in [4.78, 5) is 14.1. The first-order chi connectivity index (χ1) is 8.08. The highest BCUT2D eigenvalue weighted by Crippen LogP contribution is 2.14. The number of aromatic nitrogens is 1. The van der Waals surface area contributed by atoms with Crippen LogP contribution in [0, 0.1) is 13.8 Å². The molecule has 5 heteroatoms. The molecule has 1 amide bonds. The van der Waals surface area contributed by atoms with Crippen molar-refractivity contribution in [2.24, 2.45) is 0 Å². The molecule has 0 spiro atoms. The number of nitrogens with zero attached hydrogens (tertiary/aromatic N) is 2. The first-order valence-electron chi connectivity index (χ1n) is 6.01. The molecule has 1 atom stereocenters. The largest absolute Gasteiger partial charge is 0.361 e. The van der Waals surface area contributed by atoms with E-state index in [1.807, 2.05) is 18.7 Å². The third-order valence-corrected chi connectivity index (χ3v) is 3.23. The molecule has 0 aliphatic carbocycles. The van der Waals surface area contributed by atoms with Crippen LogP contribution in [0.15, 0.2) is 4.52 Å². The van der Waals surface area contributed by atoms with Crippen LogP contribution in [0.3, 0.4) is 0 Å². The van der Waals surface area contributed by atoms with Gasteiger partial charge in [0.25, 0.3) is 0 Å². The molecule has 5 nitrogen and oxygen atoms in total. The Balaban J connectivity index is 2.01. The molecule has 1 aromatic heterocycles. The lowest BCUT2D eigenvalue weighted by molar-refractivity contribution is -0.131. The summed E-state index contributed by atoms with van der Waals surface area (Å²) >= 11 is 0. The lowest BCUT2D eigenvalue weighted by Crippen LogP contribution is -2.51. The second kappa shape index (κ2) is 4.87. The van der Waals surface area contributed by atoms with Crippen molar-refractivity contribution in [1.29, 1.82) is 0 Å². The SMILES string of the molecule is Cc1noc(C)c1CC(=O)N1CCNC(C)C1. The van der Waals surface area contributed by atoms with E-state index in [0.29, 0.717) is 12.5 Å². The topological polar surface area (TPSA) is 58.4 Å². The molecule has 0 saturated carbocycles. The number of hydrogen-bond acceptors (Lipinski definition) is 4. The van der Waals surface area contributed by atoms with E-state index in [2.05, 4.69) is 17.4 Å². The summed E-state index contributed by atoms with van der Waals surface area (Å²) < 4.78 is 5.07. The van der Waals surface area contributed by atoms with Gasteiger partial charge in [-0.05, 0) is 20.8 Å². The normalized spacial score (nSPS) is 20.6. The van der Waals surface area contributed by atoms with Gasteiger partial charge < -0.3 is 14.7 Å². The van der Waals surface area contributed by atoms with E-state index in [9.17, 15) is 4.79 Å². The summed E-state index contributed by atoms with van der Waals surface area (Å²) in [5.41, 5.74) is 1.75. The van der Waals surface area contributed by atoms with E-state index in [0.717, 1.165) is 36.7 Å². The van der Waals surface area contributed by atoms with Crippen molar-refractivity contribution in [3.05, 3.63) is 17.0 Å². The lowest BCUT2D eigenvalue weighted by atomic mass is 10.1. The molecule has 1 N–H and O–H groups in total. The number of aryl methyl sites for hydroxylation is 2. The minimum absolute atomic E-state index is 0.160. The van der Waals surface area contributed by atoms with Crippen molar-refractivity contribution in [2.45, 2.75) is 33.2 Å². The van der Waals surface area contributed by atoms with Gasteiger partial charge in [0.2, 0.25) is 5.91 Å². The molecule has 1 aromatic rings. The zero-order valence-electron chi connectivity index (χ0n) is 10.6. The van der Waals surface area contributed by atoms with E-state index >= 15 is 0 Å². The summed E-state index contributed by atoms with van der Waals surface area (Å²) in [6.07, 6.45) is 0.397. The molecule has 1 unspecified atom stereocenters. The standard InChI is InChI=1S/C12H19N3O2/c1-8-7-15(5-4-13-8)12(16)6-11-9(2)14-17-10(11)3/h8,13H,4-7H2,1-3H3. The number of rotatable bonds is 2. The molecule has 1 saturated heterocycles. The Kier molecular flexibility index (Phi) is 3.47. The van der Waals surface area contributed by atoms with Gasteiger partial charge in [-0.3, -0.25) is 4.79 Å². The van der Waals surface area contributed by atoms with Crippen LogP contribution >= 0.6 is 0 Å². The van der Waals surface area contributed by atoms with Crippen molar-refractivity contribution < 1.29 is 9.32 Å². The van der Waals surface area contributed by atoms with E-state index in [-0.39, 0.29) is 5.91 Å². The maximum Gasteiger partial charge on any atom is 0.227 e. The van der Waals surface area contributed by atoms with Gasteiger partial charge in [-0.2, -0.15) is 0 Å². The fourth-order valence-electron chi connectivity index (χ4n) is 2.18. The molecule has 2 rings (SSSR count). The van der Waals surface area contributed by atoms with Crippen LogP contribution in [0.25, 0.3) is 0 Å². The number of amides is 1. The Hall–Kier alpha value is -1.36. The first kappa shape index (κ1) is 12.1. The zero-order valence-corrected chi connectivity index (χ0v) is 10.6. The van der Waals surface area contributed by atoms with Gasteiger partial charge in [0.05, 0.1) is 12.1 Å². The van der Waals surface area contributed by atoms with Gasteiger partial charge >= 0.3 is 0 Å². The molecular formula is C12H19N3O2. The highest BCUT2D eigenvalue weighted by Gasteiger charge is 2.22. The number of carbonyl (C=O) groups is 1. The van der Waals surface area contributed by atoms with Crippen LogP contribution in [-0.4, -0.2) is 41.6 Å². The molecule has 0 bridgehead atoms. The zero-order chi connectivity index (χ0) is 12.4. The molecule has 0 aromatic carbocycles. The summed E-state index contributed by atoms with van der Waals surface area (Å²) in [7, 11) is 0. The second-order valence-electron chi connectivity index (χ2n) is 4.67. The van der Waals surface area contributed by atoms with Crippen molar-refractivity contribution in [1.82, 2.24) is 15.4 Å². The molecule has 94 valence electrons. The predicted molar refractivity (Wildman–Crippen MR) is 63.7 cm³/mol. The molecule has 1 aliphatic rings. The third kappa shape index (κ3) is 2.66. The number of hydrogen-bond donors (Lipinski definition) is 1. The Bertz CT molecular complexity index is 394. The second-order valence-corrected chi connectivity index (χ2v) is 4.67. The summed E-state index contributed by atoms with van der Waals surface area (Å²) in [5.74, 6) is 0.909. The Labute approximate surface area is 101 Å². The van der Waals surface area contributed by atoms with Crippen molar-refractivity contribution >= 4 is 5.91 Å². The third-order valence-electron chi connectivity index (χ3n) is 3.23. The summed E-state index contributed by atoms with van der Waals surface area (Å²) in [5, 5.41) is 7.19. The van der Waals surface area contributed by atoms with Crippen LogP contribution in [0.1, 0.15) is 23.9 Å². The number of piperazine rings is 1. The average molecular weight is 237 g/mol. The minimum Gasteiger partial charge on any atom is -0.361 e. The average Bonchev–Trinajstić information content (AvgIpc) is 2.61. The van der Waals surface area contributed by atoms with Crippen LogP contribution < -0.4 is 5.32 Å². The maximum atomic E-state index is 12.1. The van der Waals surface area contributed by atoms with E-state index in [1.165, 1.54) is 0 Å². The maximum absolute atomic E-state index is 12.1. The molecular weight excluding hydrogens is 218 g/mol. The Morgan fingerprint density at radius 3 is 2.94 bits per heavy atom. The van der Waals surface area contributed by atoms with Crippen molar-refractivity contribution in [2.75, 3.05) is 19.6 Å². The molecule has 1 aliphatic heterocycles. The first-order valence-corrected chi connectivity index (χ1v) is 6.01. The molecule has 17 heavy (non-hydrogen) atoms. The quantitative estimate of drug-likeness (QED) is 0.820. The highest BCUT2D eigenvalue weighted by molar-refractivity contribution is 5.79. The van der Waals surface area contributed by atoms with E-state index in [1.54, 1.807) is 0 Å². The molecule has 0 radical (unpaired) electrons. The summed E-state index contributed by atoms with van der Waals surface area (Å²) in [6.45, 7) is 8.25. The van der Waals surface area contributed by atoms with Gasteiger partial charge in [0, 0.05) is 31.2 Å². The van der Waals surface area contributed by atoms with Crippen LogP contribution in [0.4, 0.5) is 0 Å². The fraction of sp³-hybridized carbons (Fsp3) is 0.667. The fourth-order valence-corrected chi connectivity index (χ4v) is 2.18. The number of carbonyl (C=O) groups excluding carboxylic acids is 1. The minimum atomic E-state index is 0.160. The van der Waals surface area contributed by atoms with Gasteiger partial charge in [-0.15, -0.1) is 0 Å². The van der Waals surface area contributed by atoms with E-state index in [4.69, 9.17) is 4.52 Å². The number of nitrogens with one attached hydrogen (secondary N) is 1. The molecule has 2 heterocycles. The highest BCUT2D eigenvalue weighted by atomic mass is 16.5. The monoisotopic (exact) mass is 237 g/mol. The van der Waals surface area contributed by atoms with Crippen molar-refractivity contribution in [3.8, 4) is 0 Å². The lowest BCUT2D eigenvalue weighted by Gasteiger charge is -2.31. The van der Waals surface area contributed by atoms with Crippen LogP contribution in [0.2, 0.25) is 0 Å². The summed E-state index contributed by atoms with van der Waals surface area (Å²) in [6, 6.07) is 0.373. The predicted octanol–water partition coefficient (Wildman–Crippen LogP) is 0.654. The Morgan fingerprint density at radius 1 is 1.59 bits per heavy atom. The van der Waals surface area contributed by atoms with Gasteiger partial charge in [0.1, 0.15) is 5.76 Å². The van der Waals surface area contributed by atoms with Crippen LogP contribution in [0.5, 0.6) is 0 Å². The Morgan fingerprint density at radius 2 is 2.35 bits per heavy atom. The van der Waals surface area contributed by atoms with Gasteiger partial charge in [0.15, 0.2) is 0 Å². The van der Waals surface area contributed by atoms with E-state index < -0.39 is 0 Å². The van der Waals surface area contributed by atoms with Gasteiger partial charge in [-0.1, -0.05) is 5.16 Å². The molecule has 1 fully saturated rings.